The van der Waals surface area contributed by atoms with Crippen LogP contribution in [-0.4, -0.2) is 29.3 Å². The number of nitrogens with one attached hydrogen (secondary N) is 2. The molecule has 2 aromatic heterocycles. The Bertz CT molecular complexity index is 1470. The number of aryl methyl sites for hydroxylation is 1. The smallest absolute Gasteiger partial charge is 0.229 e. The zero-order chi connectivity index (χ0) is 24.6. The third-order valence-electron chi connectivity index (χ3n) is 5.99. The number of para-hydroxylation sites is 1. The van der Waals surface area contributed by atoms with Gasteiger partial charge in [0, 0.05) is 30.0 Å². The van der Waals surface area contributed by atoms with Crippen molar-refractivity contribution in [2.45, 2.75) is 19.0 Å². The number of aromatic nitrogens is 2. The van der Waals surface area contributed by atoms with Crippen molar-refractivity contribution >= 4 is 38.7 Å². The first-order valence-electron chi connectivity index (χ1n) is 11.1. The minimum Gasteiger partial charge on any atom is -0.351 e. The van der Waals surface area contributed by atoms with Gasteiger partial charge in [-0.1, -0.05) is 24.3 Å². The maximum Gasteiger partial charge on any atom is 0.229 e. The second-order valence-electron chi connectivity index (χ2n) is 8.56. The molecule has 4 aromatic rings. The average Bonchev–Trinajstić information content (AvgIpc) is 3.45. The summed E-state index contributed by atoms with van der Waals surface area (Å²) < 4.78 is 28.1. The van der Waals surface area contributed by atoms with Crippen LogP contribution < -0.4 is 14.9 Å². The first kappa shape index (κ1) is 23.1. The van der Waals surface area contributed by atoms with E-state index in [1.165, 1.54) is 0 Å². The molecule has 0 bridgehead atoms. The van der Waals surface area contributed by atoms with E-state index in [-0.39, 0.29) is 12.1 Å². The first-order valence-corrected chi connectivity index (χ1v) is 13.4. The Morgan fingerprint density at radius 2 is 1.77 bits per heavy atom. The summed E-state index contributed by atoms with van der Waals surface area (Å²) in [5.74, 6) is 0. The van der Waals surface area contributed by atoms with Gasteiger partial charge in [0.15, 0.2) is 5.11 Å². The summed E-state index contributed by atoms with van der Waals surface area (Å²) in [5.41, 5.74) is 5.25. The molecular weight excluding hydrogens is 478 g/mol. The molecule has 0 unspecified atom stereocenters. The van der Waals surface area contributed by atoms with Crippen LogP contribution in [0.2, 0.25) is 0 Å². The molecule has 2 N–H and O–H groups in total. The van der Waals surface area contributed by atoms with Crippen LogP contribution in [0.25, 0.3) is 5.69 Å². The van der Waals surface area contributed by atoms with E-state index < -0.39 is 10.0 Å². The monoisotopic (exact) mass is 503 g/mol. The summed E-state index contributed by atoms with van der Waals surface area (Å²) in [5, 5.41) is 4.05. The number of thiocarbonyl (C=S) groups is 1. The van der Waals surface area contributed by atoms with Crippen LogP contribution in [0.4, 0.5) is 11.4 Å². The van der Waals surface area contributed by atoms with Crippen LogP contribution in [0.3, 0.4) is 0 Å². The molecule has 1 aliphatic rings. The second kappa shape index (κ2) is 9.16. The molecular formula is C26H25N5O2S2. The van der Waals surface area contributed by atoms with Gasteiger partial charge in [0.25, 0.3) is 0 Å². The van der Waals surface area contributed by atoms with Crippen molar-refractivity contribution in [3.05, 3.63) is 108 Å². The van der Waals surface area contributed by atoms with Gasteiger partial charge in [0.1, 0.15) is 0 Å². The van der Waals surface area contributed by atoms with Crippen molar-refractivity contribution < 1.29 is 8.42 Å². The number of pyridine rings is 1. The molecule has 2 atom stereocenters. The van der Waals surface area contributed by atoms with Crippen LogP contribution >= 0.6 is 12.2 Å². The van der Waals surface area contributed by atoms with E-state index in [1.807, 2.05) is 61.7 Å². The first-order chi connectivity index (χ1) is 16.8. The highest BCUT2D eigenvalue weighted by Crippen LogP contribution is 2.42. The number of benzene rings is 2. The predicted molar refractivity (Wildman–Crippen MR) is 143 cm³/mol. The molecule has 0 saturated carbocycles. The van der Waals surface area contributed by atoms with Crippen molar-refractivity contribution in [3.63, 3.8) is 0 Å². The predicted octanol–water partition coefficient (Wildman–Crippen LogP) is 4.73. The molecule has 2 aromatic carbocycles. The maximum absolute atomic E-state index is 11.7. The van der Waals surface area contributed by atoms with Gasteiger partial charge in [-0.2, -0.15) is 0 Å². The van der Waals surface area contributed by atoms with E-state index in [9.17, 15) is 8.42 Å². The SMILES string of the molecule is Cc1cc(N2C(=S)N[C@H](c3ccccn3)[C@H]2c2ccn(-c3ccccc3)c2)ccc1NS(C)(=O)=O. The molecule has 35 heavy (non-hydrogen) atoms. The Balaban J connectivity index is 1.58. The average molecular weight is 504 g/mol. The van der Waals surface area contributed by atoms with Crippen LogP contribution in [0.15, 0.2) is 91.4 Å². The van der Waals surface area contributed by atoms with Crippen LogP contribution in [-0.2, 0) is 10.0 Å². The van der Waals surface area contributed by atoms with E-state index in [4.69, 9.17) is 12.2 Å². The number of nitrogens with zero attached hydrogens (tertiary/aromatic N) is 3. The van der Waals surface area contributed by atoms with Gasteiger partial charge >= 0.3 is 0 Å². The largest absolute Gasteiger partial charge is 0.351 e. The van der Waals surface area contributed by atoms with Crippen molar-refractivity contribution in [2.24, 2.45) is 0 Å². The number of sulfonamides is 1. The van der Waals surface area contributed by atoms with Crippen molar-refractivity contribution in [1.29, 1.82) is 0 Å². The standard InChI is InChI=1S/C26H25N5O2S2/c1-18-16-21(11-12-22(18)29-35(2,32)33)31-25(24(28-26(31)34)23-10-6-7-14-27-23)19-13-15-30(17-19)20-8-4-3-5-9-20/h3-17,24-25,29H,1-2H3,(H,28,34)/t24-,25-/m1/s1. The van der Waals surface area contributed by atoms with E-state index in [2.05, 4.69) is 48.9 Å². The minimum absolute atomic E-state index is 0.157. The van der Waals surface area contributed by atoms with Gasteiger partial charge in [-0.3, -0.25) is 9.71 Å². The topological polar surface area (TPSA) is 79.3 Å². The van der Waals surface area contributed by atoms with Gasteiger partial charge < -0.3 is 14.8 Å². The summed E-state index contributed by atoms with van der Waals surface area (Å²) in [6.07, 6.45) is 7.09. The molecule has 5 rings (SSSR count). The highest BCUT2D eigenvalue weighted by molar-refractivity contribution is 7.92. The maximum atomic E-state index is 11.7. The van der Waals surface area contributed by atoms with Gasteiger partial charge in [-0.25, -0.2) is 8.42 Å². The highest BCUT2D eigenvalue weighted by atomic mass is 32.2. The zero-order valence-corrected chi connectivity index (χ0v) is 20.9. The number of anilines is 2. The zero-order valence-electron chi connectivity index (χ0n) is 19.3. The molecule has 0 aliphatic carbocycles. The molecule has 1 saturated heterocycles. The minimum atomic E-state index is -3.38. The van der Waals surface area contributed by atoms with E-state index in [1.54, 1.807) is 12.3 Å². The lowest BCUT2D eigenvalue weighted by Gasteiger charge is -2.28. The Morgan fingerprint density at radius 1 is 1.00 bits per heavy atom. The molecule has 178 valence electrons. The fraction of sp³-hybridized carbons (Fsp3) is 0.154. The fourth-order valence-corrected chi connectivity index (χ4v) is 5.41. The summed E-state index contributed by atoms with van der Waals surface area (Å²) in [4.78, 5) is 6.68. The summed E-state index contributed by atoms with van der Waals surface area (Å²) in [6.45, 7) is 1.88. The molecule has 1 aliphatic heterocycles. The number of hydrogen-bond donors (Lipinski definition) is 2. The Hall–Kier alpha value is -3.69. The molecule has 0 spiro atoms. The number of rotatable bonds is 6. The lowest BCUT2D eigenvalue weighted by Crippen LogP contribution is -2.29. The van der Waals surface area contributed by atoms with Crippen molar-refractivity contribution in [1.82, 2.24) is 14.9 Å². The Labute approximate surface area is 210 Å². The van der Waals surface area contributed by atoms with Crippen LogP contribution in [0, 0.1) is 6.92 Å². The van der Waals surface area contributed by atoms with Gasteiger partial charge in [-0.15, -0.1) is 0 Å². The molecule has 7 nitrogen and oxygen atoms in total. The lowest BCUT2D eigenvalue weighted by atomic mass is 9.98. The molecule has 0 radical (unpaired) electrons. The van der Waals surface area contributed by atoms with Crippen LogP contribution in [0.5, 0.6) is 0 Å². The van der Waals surface area contributed by atoms with Crippen LogP contribution in [0.1, 0.15) is 28.9 Å². The highest BCUT2D eigenvalue weighted by Gasteiger charge is 2.41. The third-order valence-corrected chi connectivity index (χ3v) is 6.90. The van der Waals surface area contributed by atoms with Crippen molar-refractivity contribution in [2.75, 3.05) is 15.9 Å². The summed E-state index contributed by atoms with van der Waals surface area (Å²) >= 11 is 5.81. The summed E-state index contributed by atoms with van der Waals surface area (Å²) in [6, 6.07) is 23.4. The van der Waals surface area contributed by atoms with Gasteiger partial charge in [0.2, 0.25) is 10.0 Å². The van der Waals surface area contributed by atoms with E-state index in [0.29, 0.717) is 10.8 Å². The normalized spacial score (nSPS) is 17.9. The second-order valence-corrected chi connectivity index (χ2v) is 10.7. The van der Waals surface area contributed by atoms with E-state index in [0.717, 1.165) is 34.5 Å². The van der Waals surface area contributed by atoms with Gasteiger partial charge in [0.05, 0.1) is 29.7 Å². The van der Waals surface area contributed by atoms with Crippen molar-refractivity contribution in [3.8, 4) is 5.69 Å². The number of hydrogen-bond acceptors (Lipinski definition) is 4. The molecule has 9 heteroatoms. The van der Waals surface area contributed by atoms with Gasteiger partial charge in [-0.05, 0) is 78.8 Å². The lowest BCUT2D eigenvalue weighted by molar-refractivity contribution is 0.568. The Kier molecular flexibility index (Phi) is 6.04. The fourth-order valence-electron chi connectivity index (χ4n) is 4.43. The van der Waals surface area contributed by atoms with E-state index >= 15 is 0 Å². The third kappa shape index (κ3) is 4.78. The Morgan fingerprint density at radius 3 is 2.46 bits per heavy atom. The quantitative estimate of drug-likeness (QED) is 0.371. The summed E-state index contributed by atoms with van der Waals surface area (Å²) in [7, 11) is -3.38. The molecule has 1 fully saturated rings. The molecule has 3 heterocycles. The molecule has 0 amide bonds.